The number of hydrogen-bond acceptors (Lipinski definition) is 2. The predicted molar refractivity (Wildman–Crippen MR) is 76.7 cm³/mol. The van der Waals surface area contributed by atoms with E-state index in [0.717, 1.165) is 23.8 Å². The average Bonchev–Trinajstić information content (AvgIpc) is 2.46. The predicted octanol–water partition coefficient (Wildman–Crippen LogP) is 3.95. The van der Waals surface area contributed by atoms with E-state index < -0.39 is 0 Å². The first-order chi connectivity index (χ1) is 9.24. The van der Waals surface area contributed by atoms with Gasteiger partial charge in [-0.2, -0.15) is 0 Å². The molecule has 0 aliphatic carbocycles. The van der Waals surface area contributed by atoms with E-state index >= 15 is 0 Å². The molecule has 19 heavy (non-hydrogen) atoms. The molecular formula is C17H18O2. The van der Waals surface area contributed by atoms with Crippen LogP contribution in [0.4, 0.5) is 0 Å². The van der Waals surface area contributed by atoms with Crippen LogP contribution >= 0.6 is 0 Å². The third-order valence-electron chi connectivity index (χ3n) is 3.21. The molecule has 0 heterocycles. The topological polar surface area (TPSA) is 26.3 Å². The fraction of sp³-hybridized carbons (Fsp3) is 0.235. The lowest BCUT2D eigenvalue weighted by atomic mass is 10.0. The van der Waals surface area contributed by atoms with Gasteiger partial charge < -0.3 is 4.74 Å². The highest BCUT2D eigenvalue weighted by atomic mass is 16.5. The molecule has 0 saturated carbocycles. The molecule has 0 radical (unpaired) electrons. The van der Waals surface area contributed by atoms with Gasteiger partial charge in [0.1, 0.15) is 12.4 Å². The molecule has 0 saturated heterocycles. The summed E-state index contributed by atoms with van der Waals surface area (Å²) in [6.45, 7) is 4.60. The zero-order chi connectivity index (χ0) is 13.7. The van der Waals surface area contributed by atoms with Gasteiger partial charge in [0.05, 0.1) is 5.56 Å². The second kappa shape index (κ2) is 6.19. The average molecular weight is 254 g/mol. The van der Waals surface area contributed by atoms with Gasteiger partial charge in [-0.15, -0.1) is 0 Å². The van der Waals surface area contributed by atoms with E-state index in [9.17, 15) is 4.79 Å². The van der Waals surface area contributed by atoms with E-state index in [1.165, 1.54) is 5.56 Å². The summed E-state index contributed by atoms with van der Waals surface area (Å²) in [7, 11) is 0. The molecule has 0 unspecified atom stereocenters. The van der Waals surface area contributed by atoms with Crippen molar-refractivity contribution in [1.29, 1.82) is 0 Å². The van der Waals surface area contributed by atoms with Crippen LogP contribution in [-0.4, -0.2) is 6.29 Å². The summed E-state index contributed by atoms with van der Waals surface area (Å²) in [4.78, 5) is 11.1. The molecular weight excluding hydrogens is 236 g/mol. The van der Waals surface area contributed by atoms with Crippen LogP contribution in [0.3, 0.4) is 0 Å². The molecule has 0 atom stereocenters. The number of benzene rings is 2. The molecule has 0 N–H and O–H groups in total. The van der Waals surface area contributed by atoms with E-state index in [1.807, 2.05) is 49.4 Å². The summed E-state index contributed by atoms with van der Waals surface area (Å²) in [6.07, 6.45) is 1.79. The number of ether oxygens (including phenoxy) is 1. The fourth-order valence-electron chi connectivity index (χ4n) is 2.09. The van der Waals surface area contributed by atoms with E-state index in [2.05, 4.69) is 6.92 Å². The van der Waals surface area contributed by atoms with Gasteiger partial charge >= 0.3 is 0 Å². The summed E-state index contributed by atoms with van der Waals surface area (Å²) in [5.41, 5.74) is 4.06. The highest BCUT2D eigenvalue weighted by Crippen LogP contribution is 2.23. The molecule has 0 spiro atoms. The van der Waals surface area contributed by atoms with Crippen molar-refractivity contribution in [3.63, 3.8) is 0 Å². The number of aryl methyl sites for hydroxylation is 2. The molecule has 2 nitrogen and oxygen atoms in total. The number of carbonyl (C=O) groups excluding carboxylic acids is 1. The van der Waals surface area contributed by atoms with Crippen molar-refractivity contribution in [3.05, 3.63) is 64.7 Å². The lowest BCUT2D eigenvalue weighted by Crippen LogP contribution is -2.00. The molecule has 2 aromatic rings. The van der Waals surface area contributed by atoms with E-state index in [1.54, 1.807) is 0 Å². The molecule has 0 bridgehead atoms. The van der Waals surface area contributed by atoms with Gasteiger partial charge in [-0.3, -0.25) is 4.79 Å². The Bertz CT molecular complexity index is 559. The number of rotatable bonds is 5. The number of carbonyl (C=O) groups is 1. The first kappa shape index (κ1) is 13.3. The molecule has 0 aromatic heterocycles. The summed E-state index contributed by atoms with van der Waals surface area (Å²) in [5.74, 6) is 0.668. The maximum Gasteiger partial charge on any atom is 0.153 e. The largest absolute Gasteiger partial charge is 0.488 e. The van der Waals surface area contributed by atoms with Gasteiger partial charge in [-0.1, -0.05) is 37.3 Å². The second-order valence-corrected chi connectivity index (χ2v) is 4.56. The van der Waals surface area contributed by atoms with Crippen molar-refractivity contribution >= 4 is 6.29 Å². The fourth-order valence-corrected chi connectivity index (χ4v) is 2.09. The first-order valence-electron chi connectivity index (χ1n) is 6.50. The molecule has 0 amide bonds. The lowest BCUT2D eigenvalue weighted by molar-refractivity contribution is 0.111. The van der Waals surface area contributed by atoms with Crippen LogP contribution in [0.5, 0.6) is 5.75 Å². The molecule has 0 aliphatic heterocycles. The zero-order valence-electron chi connectivity index (χ0n) is 11.3. The Balaban J connectivity index is 2.21. The van der Waals surface area contributed by atoms with E-state index in [-0.39, 0.29) is 0 Å². The third kappa shape index (κ3) is 3.22. The van der Waals surface area contributed by atoms with Crippen LogP contribution in [0.2, 0.25) is 0 Å². The third-order valence-corrected chi connectivity index (χ3v) is 3.21. The number of hydrogen-bond donors (Lipinski definition) is 0. The monoisotopic (exact) mass is 254 g/mol. The Kier molecular flexibility index (Phi) is 4.35. The first-order valence-corrected chi connectivity index (χ1v) is 6.50. The maximum atomic E-state index is 11.1. The molecule has 98 valence electrons. The van der Waals surface area contributed by atoms with Gasteiger partial charge in [0.25, 0.3) is 0 Å². The van der Waals surface area contributed by atoms with Gasteiger partial charge in [0.15, 0.2) is 6.29 Å². The molecule has 0 aliphatic rings. The van der Waals surface area contributed by atoms with E-state index in [4.69, 9.17) is 4.74 Å². The summed E-state index contributed by atoms with van der Waals surface area (Å²) in [5, 5.41) is 0. The maximum absolute atomic E-state index is 11.1. The Morgan fingerprint density at radius 1 is 1.16 bits per heavy atom. The summed E-state index contributed by atoms with van der Waals surface area (Å²) in [6, 6.07) is 13.8. The smallest absolute Gasteiger partial charge is 0.153 e. The van der Waals surface area contributed by atoms with Crippen molar-refractivity contribution < 1.29 is 9.53 Å². The van der Waals surface area contributed by atoms with Gasteiger partial charge in [-0.05, 0) is 42.2 Å². The van der Waals surface area contributed by atoms with Crippen LogP contribution in [-0.2, 0) is 13.0 Å². The lowest BCUT2D eigenvalue weighted by Gasteiger charge is -2.12. The molecule has 2 heteroatoms. The molecule has 2 rings (SSSR count). The highest BCUT2D eigenvalue weighted by molar-refractivity contribution is 5.80. The van der Waals surface area contributed by atoms with Crippen molar-refractivity contribution in [2.24, 2.45) is 0 Å². The highest BCUT2D eigenvalue weighted by Gasteiger charge is 2.07. The Labute approximate surface area is 114 Å². The minimum absolute atomic E-state index is 0.480. The number of aldehydes is 1. The summed E-state index contributed by atoms with van der Waals surface area (Å²) < 4.78 is 5.78. The van der Waals surface area contributed by atoms with Crippen LogP contribution < -0.4 is 4.74 Å². The molecule has 0 fully saturated rings. The van der Waals surface area contributed by atoms with Gasteiger partial charge in [0, 0.05) is 0 Å². The van der Waals surface area contributed by atoms with Crippen molar-refractivity contribution in [3.8, 4) is 5.75 Å². The standard InChI is InChI=1S/C17H18O2/c1-3-15-10-17(16(11-18)9-13(15)2)19-12-14-7-5-4-6-8-14/h4-11H,3,12H2,1-2H3. The minimum atomic E-state index is 0.480. The van der Waals surface area contributed by atoms with Gasteiger partial charge in [0.2, 0.25) is 0 Å². The van der Waals surface area contributed by atoms with Crippen LogP contribution in [0.1, 0.15) is 34.0 Å². The van der Waals surface area contributed by atoms with Crippen LogP contribution in [0.25, 0.3) is 0 Å². The van der Waals surface area contributed by atoms with E-state index in [0.29, 0.717) is 17.9 Å². The Morgan fingerprint density at radius 3 is 2.53 bits per heavy atom. The van der Waals surface area contributed by atoms with Crippen molar-refractivity contribution in [1.82, 2.24) is 0 Å². The van der Waals surface area contributed by atoms with Crippen LogP contribution in [0, 0.1) is 6.92 Å². The minimum Gasteiger partial charge on any atom is -0.488 e. The normalized spacial score (nSPS) is 10.2. The summed E-state index contributed by atoms with van der Waals surface area (Å²) >= 11 is 0. The molecule has 2 aromatic carbocycles. The SMILES string of the molecule is CCc1cc(OCc2ccccc2)c(C=O)cc1C. The second-order valence-electron chi connectivity index (χ2n) is 4.56. The Hall–Kier alpha value is -2.09. The Morgan fingerprint density at radius 2 is 1.89 bits per heavy atom. The van der Waals surface area contributed by atoms with Crippen molar-refractivity contribution in [2.75, 3.05) is 0 Å². The quantitative estimate of drug-likeness (QED) is 0.755. The van der Waals surface area contributed by atoms with Crippen LogP contribution in [0.15, 0.2) is 42.5 Å². The van der Waals surface area contributed by atoms with Crippen molar-refractivity contribution in [2.45, 2.75) is 26.9 Å². The zero-order valence-corrected chi connectivity index (χ0v) is 11.3. The van der Waals surface area contributed by atoms with Gasteiger partial charge in [-0.25, -0.2) is 0 Å².